The van der Waals surface area contributed by atoms with Crippen LogP contribution in [0.1, 0.15) is 6.42 Å². The van der Waals surface area contributed by atoms with Crippen molar-refractivity contribution < 1.29 is 28.8 Å². The van der Waals surface area contributed by atoms with Gasteiger partial charge in [-0.1, -0.05) is 0 Å². The van der Waals surface area contributed by atoms with Gasteiger partial charge in [-0.3, -0.25) is 9.32 Å². The molecule has 7 nitrogen and oxygen atoms in total. The normalized spacial score (nSPS) is 26.1. The van der Waals surface area contributed by atoms with Gasteiger partial charge < -0.3 is 19.8 Å². The number of amides is 1. The lowest BCUT2D eigenvalue weighted by Gasteiger charge is -2.21. The van der Waals surface area contributed by atoms with Gasteiger partial charge in [0.15, 0.2) is 0 Å². The number of nitrogens with zero attached hydrogens (tertiary/aromatic N) is 1. The lowest BCUT2D eigenvalue weighted by molar-refractivity contribution is -0.130. The molecule has 1 rings (SSSR count). The van der Waals surface area contributed by atoms with Crippen LogP contribution in [0.15, 0.2) is 0 Å². The standard InChI is InChI=1S/C7H15BNO6P/c8-2-7(11)9-3-6(1-5(9)4-10)15-16(12,13)14/h5-6,10H,1-4,8H2,(H2,12,13,14)/t5-,6+/m0/s1. The third kappa shape index (κ3) is 3.57. The zero-order valence-electron chi connectivity index (χ0n) is 8.94. The fourth-order valence-corrected chi connectivity index (χ4v) is 2.37. The van der Waals surface area contributed by atoms with E-state index in [1.165, 1.54) is 4.90 Å². The van der Waals surface area contributed by atoms with Crippen LogP contribution in [-0.2, 0) is 13.9 Å². The molecule has 16 heavy (non-hydrogen) atoms. The van der Waals surface area contributed by atoms with E-state index in [1.54, 1.807) is 7.85 Å². The summed E-state index contributed by atoms with van der Waals surface area (Å²) in [7, 11) is -2.85. The number of phosphoric acid groups is 1. The molecule has 9 heteroatoms. The molecule has 1 heterocycles. The van der Waals surface area contributed by atoms with E-state index in [0.29, 0.717) is 6.32 Å². The molecule has 1 fully saturated rings. The van der Waals surface area contributed by atoms with Crippen molar-refractivity contribution in [3.05, 3.63) is 0 Å². The van der Waals surface area contributed by atoms with Gasteiger partial charge in [-0.2, -0.15) is 0 Å². The highest BCUT2D eigenvalue weighted by Crippen LogP contribution is 2.40. The first-order valence-corrected chi connectivity index (χ1v) is 6.54. The Morgan fingerprint density at radius 2 is 2.19 bits per heavy atom. The molecule has 3 N–H and O–H groups in total. The summed E-state index contributed by atoms with van der Waals surface area (Å²) in [5, 5.41) is 9.05. The van der Waals surface area contributed by atoms with Crippen molar-refractivity contribution in [2.45, 2.75) is 24.9 Å². The number of carbonyl (C=O) groups is 1. The summed E-state index contributed by atoms with van der Waals surface area (Å²) >= 11 is 0. The third-order valence-corrected chi connectivity index (χ3v) is 3.07. The molecule has 0 radical (unpaired) electrons. The molecular formula is C7H15BNO6P. The highest BCUT2D eigenvalue weighted by molar-refractivity contribution is 7.46. The van der Waals surface area contributed by atoms with E-state index >= 15 is 0 Å². The Bertz CT molecular complexity index is 307. The average Bonchev–Trinajstić information content (AvgIpc) is 2.57. The molecule has 0 unspecified atom stereocenters. The predicted octanol–water partition coefficient (Wildman–Crippen LogP) is -1.89. The minimum Gasteiger partial charge on any atom is -0.394 e. The lowest BCUT2D eigenvalue weighted by Crippen LogP contribution is -2.37. The molecule has 1 amide bonds. The maximum absolute atomic E-state index is 11.5. The van der Waals surface area contributed by atoms with Crippen molar-refractivity contribution in [3.63, 3.8) is 0 Å². The van der Waals surface area contributed by atoms with Crippen molar-refractivity contribution in [3.8, 4) is 0 Å². The number of aliphatic hydroxyl groups excluding tert-OH is 1. The van der Waals surface area contributed by atoms with Crippen molar-refractivity contribution >= 4 is 21.6 Å². The van der Waals surface area contributed by atoms with Gasteiger partial charge in [0.05, 0.1) is 18.8 Å². The monoisotopic (exact) mass is 251 g/mol. The Kier molecular flexibility index (Phi) is 4.52. The van der Waals surface area contributed by atoms with Crippen LogP contribution >= 0.6 is 7.82 Å². The minimum absolute atomic E-state index is 0.114. The summed E-state index contributed by atoms with van der Waals surface area (Å²) < 4.78 is 15.2. The largest absolute Gasteiger partial charge is 0.469 e. The summed E-state index contributed by atoms with van der Waals surface area (Å²) in [5.41, 5.74) is 0. The van der Waals surface area contributed by atoms with Gasteiger partial charge in [0.1, 0.15) is 7.85 Å². The fourth-order valence-electron chi connectivity index (χ4n) is 1.83. The van der Waals surface area contributed by atoms with Crippen LogP contribution in [0.3, 0.4) is 0 Å². The molecule has 0 spiro atoms. The van der Waals surface area contributed by atoms with Crippen LogP contribution in [0.25, 0.3) is 0 Å². The van der Waals surface area contributed by atoms with E-state index in [0.717, 1.165) is 0 Å². The van der Waals surface area contributed by atoms with Gasteiger partial charge in [-0.15, -0.1) is 0 Å². The number of carbonyl (C=O) groups excluding carboxylic acids is 1. The predicted molar refractivity (Wildman–Crippen MR) is 57.5 cm³/mol. The third-order valence-electron chi connectivity index (χ3n) is 2.50. The summed E-state index contributed by atoms with van der Waals surface area (Å²) in [6.07, 6.45) is -0.180. The van der Waals surface area contributed by atoms with E-state index in [2.05, 4.69) is 4.52 Å². The average molecular weight is 251 g/mol. The first-order chi connectivity index (χ1) is 7.37. The molecule has 2 atom stereocenters. The van der Waals surface area contributed by atoms with Gasteiger partial charge in [0.25, 0.3) is 0 Å². The summed E-state index contributed by atoms with van der Waals surface area (Å²) in [4.78, 5) is 30.1. The maximum atomic E-state index is 11.5. The van der Waals surface area contributed by atoms with Crippen LogP contribution < -0.4 is 0 Å². The highest BCUT2D eigenvalue weighted by atomic mass is 31.2. The van der Waals surface area contributed by atoms with Crippen molar-refractivity contribution in [2.75, 3.05) is 13.2 Å². The van der Waals surface area contributed by atoms with Crippen molar-refractivity contribution in [1.82, 2.24) is 4.90 Å². The molecular weight excluding hydrogens is 236 g/mol. The van der Waals surface area contributed by atoms with E-state index < -0.39 is 20.0 Å². The van der Waals surface area contributed by atoms with Crippen LogP contribution in [0, 0.1) is 0 Å². The molecule has 1 aliphatic heterocycles. The highest BCUT2D eigenvalue weighted by Gasteiger charge is 2.37. The van der Waals surface area contributed by atoms with Gasteiger partial charge in [0.2, 0.25) is 5.91 Å². The first kappa shape index (κ1) is 13.7. The quantitative estimate of drug-likeness (QED) is 0.398. The first-order valence-electron chi connectivity index (χ1n) is 5.01. The smallest absolute Gasteiger partial charge is 0.394 e. The lowest BCUT2D eigenvalue weighted by atomic mass is 10.0. The number of rotatable bonds is 4. The molecule has 0 aromatic heterocycles. The van der Waals surface area contributed by atoms with Crippen LogP contribution in [0.2, 0.25) is 6.32 Å². The Morgan fingerprint density at radius 3 is 2.62 bits per heavy atom. The minimum atomic E-state index is -4.54. The molecule has 0 aliphatic carbocycles. The van der Waals surface area contributed by atoms with Gasteiger partial charge in [0, 0.05) is 6.54 Å². The fraction of sp³-hybridized carbons (Fsp3) is 0.857. The molecule has 0 aromatic rings. The topological polar surface area (TPSA) is 107 Å². The van der Waals surface area contributed by atoms with Gasteiger partial charge in [-0.25, -0.2) is 4.57 Å². The number of likely N-dealkylation sites (tertiary alicyclic amines) is 1. The van der Waals surface area contributed by atoms with E-state index in [-0.39, 0.29) is 25.5 Å². The Morgan fingerprint density at radius 1 is 1.56 bits per heavy atom. The number of phosphoric ester groups is 1. The summed E-state index contributed by atoms with van der Waals surface area (Å²) in [6.45, 7) is -0.115. The van der Waals surface area contributed by atoms with Crippen LogP contribution in [-0.4, -0.2) is 58.8 Å². The van der Waals surface area contributed by atoms with E-state index in [1.807, 2.05) is 0 Å². The molecule has 0 saturated carbocycles. The van der Waals surface area contributed by atoms with Gasteiger partial charge in [-0.05, 0) is 12.7 Å². The Balaban J connectivity index is 2.63. The Labute approximate surface area is 94.0 Å². The van der Waals surface area contributed by atoms with Crippen LogP contribution in [0.4, 0.5) is 0 Å². The van der Waals surface area contributed by atoms with Crippen LogP contribution in [0.5, 0.6) is 0 Å². The second-order valence-corrected chi connectivity index (χ2v) is 4.88. The Hall–Kier alpha value is -0.395. The number of hydrogen-bond acceptors (Lipinski definition) is 4. The second kappa shape index (κ2) is 5.29. The second-order valence-electron chi connectivity index (χ2n) is 3.69. The summed E-state index contributed by atoms with van der Waals surface area (Å²) in [5.74, 6) is -0.157. The number of aliphatic hydroxyl groups is 1. The number of hydrogen-bond donors (Lipinski definition) is 3. The molecule has 1 aliphatic rings. The molecule has 0 aromatic carbocycles. The van der Waals surface area contributed by atoms with E-state index in [4.69, 9.17) is 14.9 Å². The molecule has 1 saturated heterocycles. The van der Waals surface area contributed by atoms with Gasteiger partial charge >= 0.3 is 7.82 Å². The van der Waals surface area contributed by atoms with Crippen molar-refractivity contribution in [2.24, 2.45) is 0 Å². The maximum Gasteiger partial charge on any atom is 0.469 e. The zero-order chi connectivity index (χ0) is 12.3. The molecule has 0 bridgehead atoms. The SMILES string of the molecule is BCC(=O)N1C[C@H](OP(=O)(O)O)C[C@H]1CO. The summed E-state index contributed by atoms with van der Waals surface area (Å²) in [6, 6.07) is -0.413. The van der Waals surface area contributed by atoms with E-state index in [9.17, 15) is 9.36 Å². The zero-order valence-corrected chi connectivity index (χ0v) is 9.84. The van der Waals surface area contributed by atoms with Crippen molar-refractivity contribution in [1.29, 1.82) is 0 Å². The molecule has 92 valence electrons.